The van der Waals surface area contributed by atoms with E-state index in [1.807, 2.05) is 25.1 Å². The molecule has 1 saturated carbocycles. The first-order valence-corrected chi connectivity index (χ1v) is 11.8. The molecule has 0 radical (unpaired) electrons. The minimum Gasteiger partial charge on any atom is -0.335 e. The van der Waals surface area contributed by atoms with Gasteiger partial charge in [-0.25, -0.2) is 17.5 Å². The predicted molar refractivity (Wildman–Crippen MR) is 117 cm³/mol. The van der Waals surface area contributed by atoms with Crippen LogP contribution in [0.25, 0.3) is 0 Å². The van der Waals surface area contributed by atoms with E-state index < -0.39 is 21.6 Å². The van der Waals surface area contributed by atoms with E-state index in [-0.39, 0.29) is 10.4 Å². The fourth-order valence-corrected chi connectivity index (χ4v) is 6.76. The summed E-state index contributed by atoms with van der Waals surface area (Å²) in [7, 11) is 0.219. The summed E-state index contributed by atoms with van der Waals surface area (Å²) in [4.78, 5) is 15.1. The highest BCUT2D eigenvalue weighted by atomic mass is 32.2. The van der Waals surface area contributed by atoms with E-state index in [1.54, 1.807) is 24.3 Å². The summed E-state index contributed by atoms with van der Waals surface area (Å²) in [5.74, 6) is 0. The van der Waals surface area contributed by atoms with Crippen molar-refractivity contribution in [2.24, 2.45) is 0 Å². The van der Waals surface area contributed by atoms with E-state index in [1.165, 1.54) is 5.56 Å². The normalized spacial score (nSPS) is 26.9. The van der Waals surface area contributed by atoms with E-state index in [0.29, 0.717) is 19.4 Å². The van der Waals surface area contributed by atoms with Crippen molar-refractivity contribution in [3.63, 3.8) is 0 Å². The molecular formula is C23H29N3O3S. The zero-order valence-electron chi connectivity index (χ0n) is 17.8. The zero-order chi connectivity index (χ0) is 21.6. The minimum absolute atomic E-state index is 0.164. The standard InChI is InChI=1S/C23H29N3O3S/c1-18-9-11-20(12-10-18)30(28,29)26-21(27)24-17-22(26)13-15-23(16-14-22,25(2)3)19-7-5-4-6-8-19/h4-12H,13-17H2,1-3H3,(H,24,27)/t22-,23-. The van der Waals surface area contributed by atoms with E-state index in [4.69, 9.17) is 0 Å². The summed E-state index contributed by atoms with van der Waals surface area (Å²) in [6.07, 6.45) is 2.78. The average molecular weight is 428 g/mol. The van der Waals surface area contributed by atoms with Crippen molar-refractivity contribution in [3.05, 3.63) is 65.7 Å². The Kier molecular flexibility index (Phi) is 5.14. The van der Waals surface area contributed by atoms with Crippen LogP contribution in [0.15, 0.2) is 59.5 Å². The highest BCUT2D eigenvalue weighted by Crippen LogP contribution is 2.48. The average Bonchev–Trinajstić information content (AvgIpc) is 3.06. The third kappa shape index (κ3) is 3.20. The molecule has 1 saturated heterocycles. The van der Waals surface area contributed by atoms with Crippen LogP contribution >= 0.6 is 0 Å². The first kappa shape index (κ1) is 20.9. The van der Waals surface area contributed by atoms with Gasteiger partial charge in [-0.2, -0.15) is 0 Å². The maximum Gasteiger partial charge on any atom is 0.332 e. The van der Waals surface area contributed by atoms with E-state index in [2.05, 4.69) is 36.4 Å². The van der Waals surface area contributed by atoms with Gasteiger partial charge in [0, 0.05) is 12.1 Å². The molecule has 1 aliphatic heterocycles. The number of nitrogens with zero attached hydrogens (tertiary/aromatic N) is 2. The Morgan fingerprint density at radius 3 is 2.10 bits per heavy atom. The Balaban J connectivity index is 1.68. The lowest BCUT2D eigenvalue weighted by Crippen LogP contribution is -2.56. The van der Waals surface area contributed by atoms with Crippen molar-refractivity contribution in [1.29, 1.82) is 0 Å². The van der Waals surface area contributed by atoms with Gasteiger partial charge in [0.1, 0.15) is 0 Å². The molecule has 1 heterocycles. The second-order valence-corrected chi connectivity index (χ2v) is 10.5. The molecule has 7 heteroatoms. The number of sulfonamides is 1. The molecule has 30 heavy (non-hydrogen) atoms. The summed E-state index contributed by atoms with van der Waals surface area (Å²) in [5.41, 5.74) is 1.31. The molecule has 2 aromatic rings. The van der Waals surface area contributed by atoms with Gasteiger partial charge in [-0.05, 0) is 64.4 Å². The summed E-state index contributed by atoms with van der Waals surface area (Å²) < 4.78 is 28.0. The molecule has 1 N–H and O–H groups in total. The van der Waals surface area contributed by atoms with Crippen LogP contribution in [0.5, 0.6) is 0 Å². The Labute approximate surface area is 178 Å². The van der Waals surface area contributed by atoms with Gasteiger partial charge in [-0.15, -0.1) is 0 Å². The molecule has 2 aliphatic rings. The molecule has 6 nitrogen and oxygen atoms in total. The number of rotatable bonds is 4. The molecule has 1 aliphatic carbocycles. The molecule has 2 amide bonds. The van der Waals surface area contributed by atoms with Crippen LogP contribution in [0.4, 0.5) is 4.79 Å². The Morgan fingerprint density at radius 2 is 1.53 bits per heavy atom. The molecule has 0 bridgehead atoms. The van der Waals surface area contributed by atoms with E-state index in [0.717, 1.165) is 22.7 Å². The zero-order valence-corrected chi connectivity index (χ0v) is 18.6. The van der Waals surface area contributed by atoms with Crippen LogP contribution < -0.4 is 5.32 Å². The number of carbonyl (C=O) groups excluding carboxylic acids is 1. The molecule has 0 unspecified atom stereocenters. The van der Waals surface area contributed by atoms with Gasteiger partial charge in [0.05, 0.1) is 10.4 Å². The molecule has 1 spiro atoms. The summed E-state index contributed by atoms with van der Waals surface area (Å²) in [6.45, 7) is 2.27. The Hall–Kier alpha value is -2.38. The summed E-state index contributed by atoms with van der Waals surface area (Å²) in [6, 6.07) is 16.5. The quantitative estimate of drug-likeness (QED) is 0.811. The third-order valence-electron chi connectivity index (χ3n) is 6.92. The number of benzene rings is 2. The molecule has 2 aromatic carbocycles. The number of hydrogen-bond donors (Lipinski definition) is 1. The molecule has 0 aromatic heterocycles. The van der Waals surface area contributed by atoms with Gasteiger partial charge in [0.25, 0.3) is 10.0 Å². The molecule has 4 rings (SSSR count). The number of carbonyl (C=O) groups is 1. The maximum absolute atomic E-state index is 13.4. The molecular weight excluding hydrogens is 398 g/mol. The number of amides is 2. The number of aryl methyl sites for hydroxylation is 1. The van der Waals surface area contributed by atoms with E-state index in [9.17, 15) is 13.2 Å². The number of nitrogens with one attached hydrogen (secondary N) is 1. The lowest BCUT2D eigenvalue weighted by atomic mass is 9.69. The predicted octanol–water partition coefficient (Wildman–Crippen LogP) is 3.48. The largest absolute Gasteiger partial charge is 0.335 e. The van der Waals surface area contributed by atoms with Gasteiger partial charge < -0.3 is 5.32 Å². The molecule has 2 fully saturated rings. The smallest absolute Gasteiger partial charge is 0.332 e. The monoisotopic (exact) mass is 427 g/mol. The maximum atomic E-state index is 13.4. The van der Waals surface area contributed by atoms with Crippen molar-refractivity contribution >= 4 is 16.1 Å². The number of hydrogen-bond acceptors (Lipinski definition) is 4. The van der Waals surface area contributed by atoms with Crippen LogP contribution in [0, 0.1) is 6.92 Å². The first-order chi connectivity index (χ1) is 14.2. The van der Waals surface area contributed by atoms with Crippen molar-refractivity contribution in [3.8, 4) is 0 Å². The van der Waals surface area contributed by atoms with Gasteiger partial charge >= 0.3 is 6.03 Å². The second kappa shape index (κ2) is 7.39. The van der Waals surface area contributed by atoms with Crippen LogP contribution in [0.1, 0.15) is 36.8 Å². The SMILES string of the molecule is Cc1ccc(S(=O)(=O)N2C(=O)NC[C@]23CC[C@@](c2ccccc2)(N(C)C)CC3)cc1. The molecule has 160 valence electrons. The lowest BCUT2D eigenvalue weighted by molar-refractivity contribution is 0.0471. The lowest BCUT2D eigenvalue weighted by Gasteiger charge is -2.50. The molecule has 0 atom stereocenters. The number of urea groups is 1. The topological polar surface area (TPSA) is 69.7 Å². The van der Waals surface area contributed by atoms with Crippen molar-refractivity contribution < 1.29 is 13.2 Å². The summed E-state index contributed by atoms with van der Waals surface area (Å²) in [5, 5.41) is 2.81. The van der Waals surface area contributed by atoms with Crippen LogP contribution in [0.3, 0.4) is 0 Å². The summed E-state index contributed by atoms with van der Waals surface area (Å²) >= 11 is 0. The Bertz CT molecular complexity index is 1030. The van der Waals surface area contributed by atoms with Crippen LogP contribution in [-0.2, 0) is 15.6 Å². The highest BCUT2D eigenvalue weighted by molar-refractivity contribution is 7.89. The van der Waals surface area contributed by atoms with E-state index >= 15 is 0 Å². The fourth-order valence-electron chi connectivity index (χ4n) is 5.03. The minimum atomic E-state index is -3.93. The Morgan fingerprint density at radius 1 is 0.933 bits per heavy atom. The van der Waals surface area contributed by atoms with Crippen molar-refractivity contribution in [1.82, 2.24) is 14.5 Å². The van der Waals surface area contributed by atoms with Crippen molar-refractivity contribution in [2.45, 2.75) is 48.6 Å². The third-order valence-corrected chi connectivity index (χ3v) is 8.82. The van der Waals surface area contributed by atoms with Gasteiger partial charge in [-0.3, -0.25) is 4.90 Å². The first-order valence-electron chi connectivity index (χ1n) is 10.3. The van der Waals surface area contributed by atoms with Crippen LogP contribution in [-0.4, -0.2) is 49.8 Å². The van der Waals surface area contributed by atoms with Gasteiger partial charge in [-0.1, -0.05) is 48.0 Å². The van der Waals surface area contributed by atoms with Crippen LogP contribution in [0.2, 0.25) is 0 Å². The van der Waals surface area contributed by atoms with Gasteiger partial charge in [0.2, 0.25) is 0 Å². The second-order valence-electron chi connectivity index (χ2n) is 8.76. The highest BCUT2D eigenvalue weighted by Gasteiger charge is 2.56. The fraction of sp³-hybridized carbons (Fsp3) is 0.435. The van der Waals surface area contributed by atoms with Crippen molar-refractivity contribution in [2.75, 3.05) is 20.6 Å². The van der Waals surface area contributed by atoms with Gasteiger partial charge in [0.15, 0.2) is 0 Å².